The minimum absolute atomic E-state index is 0.635. The summed E-state index contributed by atoms with van der Waals surface area (Å²) in [7, 11) is 1.98. The third-order valence-electron chi connectivity index (χ3n) is 3.82. The summed E-state index contributed by atoms with van der Waals surface area (Å²) in [6.45, 7) is 6.50. The molecule has 1 saturated heterocycles. The van der Waals surface area contributed by atoms with E-state index >= 15 is 0 Å². The molecular formula is C14H25ClN4. The number of hydrogen-bond acceptors (Lipinski definition) is 3. The fourth-order valence-corrected chi connectivity index (χ4v) is 2.86. The Balaban J connectivity index is 1.93. The first-order valence-electron chi connectivity index (χ1n) is 7.32. The first-order chi connectivity index (χ1) is 9.20. The molecule has 2 heterocycles. The second-order valence-corrected chi connectivity index (χ2v) is 5.83. The summed E-state index contributed by atoms with van der Waals surface area (Å²) >= 11 is 6.05. The third kappa shape index (κ3) is 4.20. The molecule has 4 nitrogen and oxygen atoms in total. The van der Waals surface area contributed by atoms with Crippen LogP contribution in [0.15, 0.2) is 6.20 Å². The van der Waals surface area contributed by atoms with E-state index in [0.29, 0.717) is 11.2 Å². The van der Waals surface area contributed by atoms with E-state index < -0.39 is 0 Å². The van der Waals surface area contributed by atoms with Gasteiger partial charge in [0.15, 0.2) is 0 Å². The van der Waals surface area contributed by atoms with Crippen molar-refractivity contribution >= 4 is 11.6 Å². The zero-order valence-electron chi connectivity index (χ0n) is 12.0. The zero-order valence-corrected chi connectivity index (χ0v) is 12.8. The van der Waals surface area contributed by atoms with E-state index in [1.54, 1.807) is 6.20 Å². The van der Waals surface area contributed by atoms with Gasteiger partial charge in [0.1, 0.15) is 11.0 Å². The number of imidazole rings is 1. The summed E-state index contributed by atoms with van der Waals surface area (Å²) in [6, 6.07) is 0.635. The number of halogens is 1. The molecule has 0 bridgehead atoms. The average Bonchev–Trinajstić information content (AvgIpc) is 2.72. The van der Waals surface area contributed by atoms with Gasteiger partial charge in [-0.1, -0.05) is 24.9 Å². The highest BCUT2D eigenvalue weighted by Crippen LogP contribution is 2.13. The highest BCUT2D eigenvalue weighted by atomic mass is 35.5. The molecule has 1 aliphatic heterocycles. The van der Waals surface area contributed by atoms with Gasteiger partial charge in [-0.25, -0.2) is 4.98 Å². The van der Waals surface area contributed by atoms with Gasteiger partial charge >= 0.3 is 0 Å². The van der Waals surface area contributed by atoms with Gasteiger partial charge in [-0.2, -0.15) is 0 Å². The van der Waals surface area contributed by atoms with Crippen LogP contribution in [0.4, 0.5) is 0 Å². The number of piperidine rings is 1. The molecule has 0 amide bonds. The minimum Gasteiger partial charge on any atom is -0.321 e. The largest absolute Gasteiger partial charge is 0.321 e. The molecule has 1 fully saturated rings. The Morgan fingerprint density at radius 1 is 1.53 bits per heavy atom. The molecule has 0 aliphatic carbocycles. The molecule has 0 saturated carbocycles. The van der Waals surface area contributed by atoms with Gasteiger partial charge in [0.25, 0.3) is 0 Å². The monoisotopic (exact) mass is 284 g/mol. The van der Waals surface area contributed by atoms with Crippen molar-refractivity contribution in [1.82, 2.24) is 19.8 Å². The summed E-state index contributed by atoms with van der Waals surface area (Å²) in [5, 5.41) is 4.33. The Kier molecular flexibility index (Phi) is 5.67. The van der Waals surface area contributed by atoms with Crippen LogP contribution in [0, 0.1) is 0 Å². The van der Waals surface area contributed by atoms with E-state index in [2.05, 4.69) is 22.1 Å². The number of rotatable bonds is 6. The molecule has 1 unspecified atom stereocenters. The Hall–Kier alpha value is -0.580. The fourth-order valence-electron chi connectivity index (χ4n) is 2.71. The van der Waals surface area contributed by atoms with Crippen LogP contribution in [0.2, 0.25) is 5.15 Å². The SMILES string of the molecule is CCCN(Cc1ncc(Cl)n1C)CC1CCCCN1. The van der Waals surface area contributed by atoms with E-state index in [4.69, 9.17) is 11.6 Å². The Morgan fingerprint density at radius 3 is 2.95 bits per heavy atom. The number of nitrogens with one attached hydrogen (secondary N) is 1. The summed E-state index contributed by atoms with van der Waals surface area (Å²) in [5.41, 5.74) is 0. The van der Waals surface area contributed by atoms with E-state index in [-0.39, 0.29) is 0 Å². The fraction of sp³-hybridized carbons (Fsp3) is 0.786. The second kappa shape index (κ2) is 7.27. The molecule has 1 atom stereocenters. The quantitative estimate of drug-likeness (QED) is 0.871. The number of aromatic nitrogens is 2. The van der Waals surface area contributed by atoms with Gasteiger partial charge in [0.2, 0.25) is 0 Å². The topological polar surface area (TPSA) is 33.1 Å². The Bertz CT molecular complexity index is 385. The van der Waals surface area contributed by atoms with Crippen LogP contribution in [-0.2, 0) is 13.6 Å². The maximum atomic E-state index is 6.05. The standard InChI is InChI=1S/C14H25ClN4/c1-3-8-19(10-12-6-4-5-7-16-12)11-14-17-9-13(15)18(14)2/h9,12,16H,3-8,10-11H2,1-2H3. The highest BCUT2D eigenvalue weighted by molar-refractivity contribution is 6.29. The predicted molar refractivity (Wildman–Crippen MR) is 79.4 cm³/mol. The molecular weight excluding hydrogens is 260 g/mol. The number of hydrogen-bond donors (Lipinski definition) is 1. The minimum atomic E-state index is 0.635. The molecule has 1 aromatic heterocycles. The van der Waals surface area contributed by atoms with Gasteiger partial charge in [0.05, 0.1) is 12.7 Å². The summed E-state index contributed by atoms with van der Waals surface area (Å²) in [4.78, 5) is 6.89. The molecule has 5 heteroatoms. The van der Waals surface area contributed by atoms with E-state index in [0.717, 1.165) is 25.5 Å². The van der Waals surface area contributed by atoms with Gasteiger partial charge < -0.3 is 9.88 Å². The van der Waals surface area contributed by atoms with Gasteiger partial charge in [0, 0.05) is 19.6 Å². The van der Waals surface area contributed by atoms with Crippen LogP contribution in [0.1, 0.15) is 38.4 Å². The van der Waals surface area contributed by atoms with Crippen molar-refractivity contribution in [2.75, 3.05) is 19.6 Å². The van der Waals surface area contributed by atoms with E-state index in [9.17, 15) is 0 Å². The van der Waals surface area contributed by atoms with Crippen LogP contribution in [0.3, 0.4) is 0 Å². The lowest BCUT2D eigenvalue weighted by Gasteiger charge is -2.30. The third-order valence-corrected chi connectivity index (χ3v) is 4.17. The lowest BCUT2D eigenvalue weighted by atomic mass is 10.0. The molecule has 2 rings (SSSR count). The smallest absolute Gasteiger partial charge is 0.128 e. The highest BCUT2D eigenvalue weighted by Gasteiger charge is 2.17. The maximum absolute atomic E-state index is 6.05. The lowest BCUT2D eigenvalue weighted by molar-refractivity contribution is 0.211. The van der Waals surface area contributed by atoms with Gasteiger partial charge in [-0.15, -0.1) is 0 Å². The predicted octanol–water partition coefficient (Wildman–Crippen LogP) is 2.43. The zero-order chi connectivity index (χ0) is 13.7. The number of nitrogens with zero attached hydrogens (tertiary/aromatic N) is 3. The van der Waals surface area contributed by atoms with Crippen molar-refractivity contribution in [3.8, 4) is 0 Å². The van der Waals surface area contributed by atoms with Crippen LogP contribution < -0.4 is 5.32 Å². The maximum Gasteiger partial charge on any atom is 0.128 e. The van der Waals surface area contributed by atoms with E-state index in [1.165, 1.54) is 32.2 Å². The molecule has 0 spiro atoms. The lowest BCUT2D eigenvalue weighted by Crippen LogP contribution is -2.43. The first kappa shape index (κ1) is 14.8. The van der Waals surface area contributed by atoms with Crippen molar-refractivity contribution in [2.45, 2.75) is 45.2 Å². The molecule has 1 N–H and O–H groups in total. The summed E-state index contributed by atoms with van der Waals surface area (Å²) in [5.74, 6) is 1.05. The van der Waals surface area contributed by atoms with Crippen molar-refractivity contribution in [3.05, 3.63) is 17.2 Å². The molecule has 19 heavy (non-hydrogen) atoms. The van der Waals surface area contributed by atoms with Crippen LogP contribution in [0.5, 0.6) is 0 Å². The average molecular weight is 285 g/mol. The Labute approximate surface area is 121 Å². The summed E-state index contributed by atoms with van der Waals surface area (Å²) < 4.78 is 1.97. The van der Waals surface area contributed by atoms with Crippen LogP contribution in [0.25, 0.3) is 0 Å². The summed E-state index contributed by atoms with van der Waals surface area (Å²) in [6.07, 6.45) is 6.87. The second-order valence-electron chi connectivity index (χ2n) is 5.44. The molecule has 1 aliphatic rings. The normalized spacial score (nSPS) is 20.1. The van der Waals surface area contributed by atoms with Crippen molar-refractivity contribution in [3.63, 3.8) is 0 Å². The Morgan fingerprint density at radius 2 is 2.37 bits per heavy atom. The molecule has 0 aromatic carbocycles. The van der Waals surface area contributed by atoms with Crippen LogP contribution >= 0.6 is 11.6 Å². The molecule has 0 radical (unpaired) electrons. The molecule has 108 valence electrons. The van der Waals surface area contributed by atoms with Gasteiger partial charge in [-0.05, 0) is 32.4 Å². The van der Waals surface area contributed by atoms with Crippen molar-refractivity contribution in [1.29, 1.82) is 0 Å². The first-order valence-corrected chi connectivity index (χ1v) is 7.70. The van der Waals surface area contributed by atoms with Crippen molar-refractivity contribution < 1.29 is 0 Å². The van der Waals surface area contributed by atoms with Crippen LogP contribution in [-0.4, -0.2) is 40.1 Å². The van der Waals surface area contributed by atoms with Gasteiger partial charge in [-0.3, -0.25) is 4.90 Å². The van der Waals surface area contributed by atoms with Crippen molar-refractivity contribution in [2.24, 2.45) is 7.05 Å². The molecule has 1 aromatic rings. The van der Waals surface area contributed by atoms with E-state index in [1.807, 2.05) is 11.6 Å².